The van der Waals surface area contributed by atoms with Crippen LogP contribution in [-0.2, 0) is 0 Å². The first-order valence-electron chi connectivity index (χ1n) is 6.00. The van der Waals surface area contributed by atoms with Crippen molar-refractivity contribution in [2.75, 3.05) is 11.9 Å². The van der Waals surface area contributed by atoms with Crippen LogP contribution < -0.4 is 5.32 Å². The summed E-state index contributed by atoms with van der Waals surface area (Å²) in [6, 6.07) is 3.90. The standard InChI is InChI=1S/C13H16FNO3/c14-10-5-3-4-9(12(16)17)11(10)15-8-13(18)6-1-2-7-13/h3-5,15,18H,1-2,6-8H2,(H,16,17). The second-order valence-electron chi connectivity index (χ2n) is 4.75. The lowest BCUT2D eigenvalue weighted by Gasteiger charge is -2.23. The average Bonchev–Trinajstić information content (AvgIpc) is 2.74. The first-order chi connectivity index (χ1) is 8.52. The van der Waals surface area contributed by atoms with Crippen LogP contribution in [0.5, 0.6) is 0 Å². The Balaban J connectivity index is 2.15. The van der Waals surface area contributed by atoms with Crippen molar-refractivity contribution in [2.45, 2.75) is 31.3 Å². The zero-order valence-corrected chi connectivity index (χ0v) is 9.95. The molecular formula is C13H16FNO3. The number of halogens is 1. The van der Waals surface area contributed by atoms with Gasteiger partial charge in [0, 0.05) is 6.54 Å². The summed E-state index contributed by atoms with van der Waals surface area (Å²) >= 11 is 0. The van der Waals surface area contributed by atoms with Crippen LogP contribution in [0.2, 0.25) is 0 Å². The number of nitrogens with one attached hydrogen (secondary N) is 1. The highest BCUT2D eigenvalue weighted by molar-refractivity contribution is 5.94. The summed E-state index contributed by atoms with van der Waals surface area (Å²) in [7, 11) is 0. The number of carbonyl (C=O) groups is 1. The minimum Gasteiger partial charge on any atom is -0.478 e. The van der Waals surface area contributed by atoms with Crippen LogP contribution in [-0.4, -0.2) is 28.3 Å². The molecule has 1 saturated carbocycles. The lowest BCUT2D eigenvalue weighted by atomic mass is 10.0. The van der Waals surface area contributed by atoms with E-state index in [0.29, 0.717) is 12.8 Å². The minimum absolute atomic E-state index is 0.0506. The number of rotatable bonds is 4. The molecule has 5 heteroatoms. The number of benzene rings is 1. The predicted octanol–water partition coefficient (Wildman–Crippen LogP) is 2.24. The Labute approximate surface area is 104 Å². The van der Waals surface area contributed by atoms with Crippen molar-refractivity contribution < 1.29 is 19.4 Å². The molecule has 3 N–H and O–H groups in total. The SMILES string of the molecule is O=C(O)c1cccc(F)c1NCC1(O)CCCC1. The molecule has 1 aliphatic rings. The lowest BCUT2D eigenvalue weighted by molar-refractivity contribution is 0.0609. The summed E-state index contributed by atoms with van der Waals surface area (Å²) in [6.45, 7) is 0.175. The van der Waals surface area contributed by atoms with Gasteiger partial charge in [-0.3, -0.25) is 0 Å². The third-order valence-corrected chi connectivity index (χ3v) is 3.37. The molecule has 1 aromatic rings. The molecule has 0 bridgehead atoms. The summed E-state index contributed by atoms with van der Waals surface area (Å²) in [4.78, 5) is 11.0. The van der Waals surface area contributed by atoms with E-state index in [1.54, 1.807) is 0 Å². The number of anilines is 1. The van der Waals surface area contributed by atoms with E-state index in [1.165, 1.54) is 18.2 Å². The first kappa shape index (κ1) is 12.8. The van der Waals surface area contributed by atoms with Gasteiger partial charge >= 0.3 is 5.97 Å². The summed E-state index contributed by atoms with van der Waals surface area (Å²) in [5.41, 5.74) is -1.01. The second kappa shape index (κ2) is 4.94. The van der Waals surface area contributed by atoms with Crippen LogP contribution in [0.25, 0.3) is 0 Å². The van der Waals surface area contributed by atoms with E-state index < -0.39 is 17.4 Å². The van der Waals surface area contributed by atoms with Crippen LogP contribution in [0.1, 0.15) is 36.0 Å². The van der Waals surface area contributed by atoms with Crippen molar-refractivity contribution >= 4 is 11.7 Å². The molecule has 0 spiro atoms. The van der Waals surface area contributed by atoms with Gasteiger partial charge in [0.1, 0.15) is 5.82 Å². The number of carboxylic acids is 1. The molecule has 98 valence electrons. The highest BCUT2D eigenvalue weighted by Crippen LogP contribution is 2.30. The molecule has 0 amide bonds. The molecule has 1 aliphatic carbocycles. The number of hydrogen-bond acceptors (Lipinski definition) is 3. The van der Waals surface area contributed by atoms with Crippen molar-refractivity contribution in [3.63, 3.8) is 0 Å². The smallest absolute Gasteiger partial charge is 0.337 e. The summed E-state index contributed by atoms with van der Waals surface area (Å²) in [5, 5.41) is 21.9. The molecule has 0 atom stereocenters. The number of carboxylic acid groups (broad SMARTS) is 1. The Hall–Kier alpha value is -1.62. The number of aromatic carboxylic acids is 1. The average molecular weight is 253 g/mol. The predicted molar refractivity (Wildman–Crippen MR) is 65.3 cm³/mol. The summed E-state index contributed by atoms with van der Waals surface area (Å²) < 4.78 is 13.6. The fourth-order valence-electron chi connectivity index (χ4n) is 2.34. The van der Waals surface area contributed by atoms with Gasteiger partial charge in [-0.2, -0.15) is 0 Å². The molecule has 0 heterocycles. The second-order valence-corrected chi connectivity index (χ2v) is 4.75. The van der Waals surface area contributed by atoms with Gasteiger partial charge in [-0.15, -0.1) is 0 Å². The van der Waals surface area contributed by atoms with Crippen LogP contribution in [0.15, 0.2) is 18.2 Å². The molecule has 0 aromatic heterocycles. The van der Waals surface area contributed by atoms with E-state index >= 15 is 0 Å². The molecule has 0 aliphatic heterocycles. The van der Waals surface area contributed by atoms with Crippen LogP contribution in [0, 0.1) is 5.82 Å². The third-order valence-electron chi connectivity index (χ3n) is 3.37. The van der Waals surface area contributed by atoms with Crippen molar-refractivity contribution in [1.82, 2.24) is 0 Å². The zero-order chi connectivity index (χ0) is 13.2. The van der Waals surface area contributed by atoms with Crippen molar-refractivity contribution in [1.29, 1.82) is 0 Å². The van der Waals surface area contributed by atoms with Gasteiger partial charge in [0.2, 0.25) is 0 Å². The molecular weight excluding hydrogens is 237 g/mol. The molecule has 4 nitrogen and oxygen atoms in total. The van der Waals surface area contributed by atoms with Crippen molar-refractivity contribution in [3.8, 4) is 0 Å². The van der Waals surface area contributed by atoms with Crippen molar-refractivity contribution in [2.24, 2.45) is 0 Å². The monoisotopic (exact) mass is 253 g/mol. The fraction of sp³-hybridized carbons (Fsp3) is 0.462. The van der Waals surface area contributed by atoms with Gasteiger partial charge in [0.15, 0.2) is 0 Å². The summed E-state index contributed by atoms with van der Waals surface area (Å²) in [5.74, 6) is -1.80. The Morgan fingerprint density at radius 1 is 1.39 bits per heavy atom. The first-order valence-corrected chi connectivity index (χ1v) is 6.00. The minimum atomic E-state index is -1.18. The molecule has 0 unspecified atom stereocenters. The van der Waals surface area contributed by atoms with Gasteiger partial charge in [-0.25, -0.2) is 9.18 Å². The maximum absolute atomic E-state index is 13.6. The van der Waals surface area contributed by atoms with Gasteiger partial charge in [0.05, 0.1) is 16.9 Å². The topological polar surface area (TPSA) is 69.6 Å². The molecule has 1 aromatic carbocycles. The highest BCUT2D eigenvalue weighted by Gasteiger charge is 2.31. The molecule has 18 heavy (non-hydrogen) atoms. The molecule has 1 fully saturated rings. The van der Waals surface area contributed by atoms with Gasteiger partial charge in [-0.1, -0.05) is 18.9 Å². The number of aliphatic hydroxyl groups is 1. The van der Waals surface area contributed by atoms with Crippen LogP contribution >= 0.6 is 0 Å². The Bertz CT molecular complexity index is 456. The van der Waals surface area contributed by atoms with Crippen molar-refractivity contribution in [3.05, 3.63) is 29.6 Å². The normalized spacial score (nSPS) is 17.7. The lowest BCUT2D eigenvalue weighted by Crippen LogP contribution is -2.34. The number of hydrogen-bond donors (Lipinski definition) is 3. The quantitative estimate of drug-likeness (QED) is 0.769. The zero-order valence-electron chi connectivity index (χ0n) is 9.95. The maximum atomic E-state index is 13.6. The van der Waals surface area contributed by atoms with Gasteiger partial charge < -0.3 is 15.5 Å². The third kappa shape index (κ3) is 2.61. The fourth-order valence-corrected chi connectivity index (χ4v) is 2.34. The highest BCUT2D eigenvalue weighted by atomic mass is 19.1. The summed E-state index contributed by atoms with van der Waals surface area (Å²) in [6.07, 6.45) is 3.22. The van der Waals surface area contributed by atoms with E-state index in [9.17, 15) is 14.3 Å². The van der Waals surface area contributed by atoms with Gasteiger partial charge in [0.25, 0.3) is 0 Å². The van der Waals surface area contributed by atoms with Crippen LogP contribution in [0.4, 0.5) is 10.1 Å². The Morgan fingerprint density at radius 3 is 2.67 bits per heavy atom. The molecule has 0 radical (unpaired) electrons. The number of para-hydroxylation sites is 1. The maximum Gasteiger partial charge on any atom is 0.337 e. The van der Waals surface area contributed by atoms with E-state index in [1.807, 2.05) is 0 Å². The Kier molecular flexibility index (Phi) is 3.52. The molecule has 0 saturated heterocycles. The van der Waals surface area contributed by atoms with Gasteiger partial charge in [-0.05, 0) is 25.0 Å². The van der Waals surface area contributed by atoms with E-state index in [2.05, 4.69) is 5.32 Å². The van der Waals surface area contributed by atoms with E-state index in [0.717, 1.165) is 12.8 Å². The van der Waals surface area contributed by atoms with E-state index in [4.69, 9.17) is 5.11 Å². The molecule has 2 rings (SSSR count). The van der Waals surface area contributed by atoms with Crippen LogP contribution in [0.3, 0.4) is 0 Å². The van der Waals surface area contributed by atoms with E-state index in [-0.39, 0.29) is 17.8 Å². The largest absolute Gasteiger partial charge is 0.478 e. The Morgan fingerprint density at radius 2 is 2.06 bits per heavy atom.